The smallest absolute Gasteiger partial charge is 0.341 e. The lowest BCUT2D eigenvalue weighted by molar-refractivity contribution is -0.115. The molecular weight excluding hydrogens is 384 g/mol. The minimum atomic E-state index is -0.424. The molecule has 0 saturated carbocycles. The quantitative estimate of drug-likeness (QED) is 0.600. The number of nitrogens with one attached hydrogen (secondary N) is 1. The van der Waals surface area contributed by atoms with Gasteiger partial charge < -0.3 is 14.5 Å². The monoisotopic (exact) mass is 404 g/mol. The van der Waals surface area contributed by atoms with Crippen LogP contribution in [0.15, 0.2) is 21.9 Å². The number of carbonyl (C=O) groups excluding carboxylic acids is 2. The Morgan fingerprint density at radius 2 is 2.07 bits per heavy atom. The summed E-state index contributed by atoms with van der Waals surface area (Å²) >= 11 is 2.89. The number of aromatic nitrogens is 1. The van der Waals surface area contributed by atoms with Crippen molar-refractivity contribution in [1.29, 1.82) is 0 Å². The average Bonchev–Trinajstić information content (AvgIpc) is 3.30. The Kier molecular flexibility index (Phi) is 5.76. The highest BCUT2D eigenvalue weighted by atomic mass is 32.1. The number of aryl methyl sites for hydroxylation is 2. The molecule has 0 aliphatic heterocycles. The molecule has 3 aromatic heterocycles. The van der Waals surface area contributed by atoms with E-state index in [0.29, 0.717) is 27.9 Å². The lowest BCUT2D eigenvalue weighted by Crippen LogP contribution is -2.17. The standard InChI is InChI=1S/C19H20N2O4S2/c1-5-24-19(23)16-10(2)12(4)27-18(16)21-15(22)9-13-11(3)25-17(20-13)14-7-6-8-26-14/h6-8H,5,9H2,1-4H3,(H,21,22). The Bertz CT molecular complexity index is 970. The minimum absolute atomic E-state index is 0.0684. The second kappa shape index (κ2) is 8.06. The number of ether oxygens (including phenoxy) is 1. The van der Waals surface area contributed by atoms with Crippen LogP contribution in [0.25, 0.3) is 10.8 Å². The van der Waals surface area contributed by atoms with E-state index in [1.807, 2.05) is 31.4 Å². The molecular formula is C19H20N2O4S2. The number of rotatable bonds is 6. The second-order valence-corrected chi connectivity index (χ2v) is 8.10. The van der Waals surface area contributed by atoms with Crippen LogP contribution in [0.4, 0.5) is 5.00 Å². The third-order valence-corrected chi connectivity index (χ3v) is 6.05. The maximum Gasteiger partial charge on any atom is 0.341 e. The summed E-state index contributed by atoms with van der Waals surface area (Å²) in [5.74, 6) is 0.446. The van der Waals surface area contributed by atoms with Crippen molar-refractivity contribution < 1.29 is 18.7 Å². The van der Waals surface area contributed by atoms with Crippen molar-refractivity contribution in [2.45, 2.75) is 34.1 Å². The molecule has 0 saturated heterocycles. The zero-order chi connectivity index (χ0) is 19.6. The van der Waals surface area contributed by atoms with Gasteiger partial charge >= 0.3 is 5.97 Å². The zero-order valence-electron chi connectivity index (χ0n) is 15.5. The summed E-state index contributed by atoms with van der Waals surface area (Å²) in [4.78, 5) is 31.1. The molecule has 3 aromatic rings. The maximum atomic E-state index is 12.5. The van der Waals surface area contributed by atoms with Crippen molar-refractivity contribution in [3.05, 3.63) is 45.0 Å². The van der Waals surface area contributed by atoms with Gasteiger partial charge in [0.15, 0.2) is 0 Å². The first kappa shape index (κ1) is 19.3. The predicted octanol–water partition coefficient (Wildman–Crippen LogP) is 4.75. The summed E-state index contributed by atoms with van der Waals surface area (Å²) < 4.78 is 10.8. The lowest BCUT2D eigenvalue weighted by Gasteiger charge is -2.06. The topological polar surface area (TPSA) is 81.4 Å². The van der Waals surface area contributed by atoms with E-state index in [-0.39, 0.29) is 18.9 Å². The van der Waals surface area contributed by atoms with Gasteiger partial charge in [0, 0.05) is 4.88 Å². The number of anilines is 1. The molecule has 8 heteroatoms. The van der Waals surface area contributed by atoms with Crippen LogP contribution in [0.1, 0.15) is 39.2 Å². The normalized spacial score (nSPS) is 10.8. The summed E-state index contributed by atoms with van der Waals surface area (Å²) in [7, 11) is 0. The highest BCUT2D eigenvalue weighted by Gasteiger charge is 2.23. The van der Waals surface area contributed by atoms with Gasteiger partial charge in [-0.25, -0.2) is 9.78 Å². The van der Waals surface area contributed by atoms with Crippen LogP contribution >= 0.6 is 22.7 Å². The van der Waals surface area contributed by atoms with E-state index in [4.69, 9.17) is 9.15 Å². The molecule has 27 heavy (non-hydrogen) atoms. The van der Waals surface area contributed by atoms with Gasteiger partial charge in [-0.2, -0.15) is 0 Å². The van der Waals surface area contributed by atoms with Crippen LogP contribution in [-0.4, -0.2) is 23.5 Å². The van der Waals surface area contributed by atoms with Crippen LogP contribution in [-0.2, 0) is 16.0 Å². The molecule has 0 unspecified atom stereocenters. The number of thiophene rings is 2. The first-order chi connectivity index (χ1) is 12.9. The Balaban J connectivity index is 1.77. The molecule has 1 N–H and O–H groups in total. The molecule has 0 aliphatic rings. The lowest BCUT2D eigenvalue weighted by atomic mass is 10.1. The Morgan fingerprint density at radius 3 is 2.74 bits per heavy atom. The van der Waals surface area contributed by atoms with Crippen molar-refractivity contribution in [3.63, 3.8) is 0 Å². The summed E-state index contributed by atoms with van der Waals surface area (Å²) in [6.45, 7) is 7.58. The number of esters is 1. The van der Waals surface area contributed by atoms with Crippen molar-refractivity contribution in [3.8, 4) is 10.8 Å². The predicted molar refractivity (Wildman–Crippen MR) is 107 cm³/mol. The van der Waals surface area contributed by atoms with E-state index in [1.54, 1.807) is 13.8 Å². The number of oxazole rings is 1. The van der Waals surface area contributed by atoms with Gasteiger partial charge in [-0.05, 0) is 44.7 Å². The molecule has 0 radical (unpaired) electrons. The Hall–Kier alpha value is -2.45. The largest absolute Gasteiger partial charge is 0.462 e. The van der Waals surface area contributed by atoms with Gasteiger partial charge in [-0.1, -0.05) is 6.07 Å². The fourth-order valence-electron chi connectivity index (χ4n) is 2.58. The van der Waals surface area contributed by atoms with Crippen LogP contribution in [0.5, 0.6) is 0 Å². The van der Waals surface area contributed by atoms with Crippen molar-refractivity contribution >= 4 is 39.6 Å². The highest BCUT2D eigenvalue weighted by molar-refractivity contribution is 7.16. The van der Waals surface area contributed by atoms with Crippen LogP contribution in [0.2, 0.25) is 0 Å². The fourth-order valence-corrected chi connectivity index (χ4v) is 4.30. The second-order valence-electron chi connectivity index (χ2n) is 5.93. The van der Waals surface area contributed by atoms with Crippen LogP contribution in [0, 0.1) is 20.8 Å². The Morgan fingerprint density at radius 1 is 1.30 bits per heavy atom. The van der Waals surface area contributed by atoms with Gasteiger partial charge in [0.25, 0.3) is 0 Å². The molecule has 1 amide bonds. The number of hydrogen-bond donors (Lipinski definition) is 1. The first-order valence-corrected chi connectivity index (χ1v) is 10.2. The van der Waals surface area contributed by atoms with Gasteiger partial charge in [0.05, 0.1) is 29.2 Å². The number of amides is 1. The van der Waals surface area contributed by atoms with E-state index in [0.717, 1.165) is 15.3 Å². The number of nitrogens with zero attached hydrogens (tertiary/aromatic N) is 1. The molecule has 3 heterocycles. The first-order valence-electron chi connectivity index (χ1n) is 8.47. The van der Waals surface area contributed by atoms with E-state index < -0.39 is 5.97 Å². The fraction of sp³-hybridized carbons (Fsp3) is 0.316. The van der Waals surface area contributed by atoms with Gasteiger partial charge in [-0.15, -0.1) is 22.7 Å². The third kappa shape index (κ3) is 4.12. The maximum absolute atomic E-state index is 12.5. The molecule has 6 nitrogen and oxygen atoms in total. The average molecular weight is 405 g/mol. The number of hydrogen-bond acceptors (Lipinski definition) is 7. The van der Waals surface area contributed by atoms with Gasteiger partial charge in [0.1, 0.15) is 10.8 Å². The molecule has 3 rings (SSSR count). The number of carbonyl (C=O) groups is 2. The van der Waals surface area contributed by atoms with E-state index in [9.17, 15) is 9.59 Å². The van der Waals surface area contributed by atoms with E-state index in [1.165, 1.54) is 22.7 Å². The molecule has 0 fully saturated rings. The molecule has 0 spiro atoms. The summed E-state index contributed by atoms with van der Waals surface area (Å²) in [6, 6.07) is 3.84. The van der Waals surface area contributed by atoms with Crippen molar-refractivity contribution in [1.82, 2.24) is 4.98 Å². The van der Waals surface area contributed by atoms with E-state index >= 15 is 0 Å². The Labute approximate surface area is 165 Å². The summed E-state index contributed by atoms with van der Waals surface area (Å²) in [5.41, 5.74) is 1.83. The van der Waals surface area contributed by atoms with Crippen LogP contribution in [0.3, 0.4) is 0 Å². The summed E-state index contributed by atoms with van der Waals surface area (Å²) in [6.07, 6.45) is 0.0684. The zero-order valence-corrected chi connectivity index (χ0v) is 17.2. The third-order valence-electron chi connectivity index (χ3n) is 4.07. The summed E-state index contributed by atoms with van der Waals surface area (Å²) in [5, 5.41) is 5.28. The van der Waals surface area contributed by atoms with Crippen molar-refractivity contribution in [2.75, 3.05) is 11.9 Å². The van der Waals surface area contributed by atoms with Gasteiger partial charge in [-0.3, -0.25) is 4.79 Å². The molecule has 0 bridgehead atoms. The molecule has 0 aromatic carbocycles. The SMILES string of the molecule is CCOC(=O)c1c(NC(=O)Cc2nc(-c3cccs3)oc2C)sc(C)c1C. The highest BCUT2D eigenvalue weighted by Crippen LogP contribution is 2.33. The van der Waals surface area contributed by atoms with Gasteiger partial charge in [0.2, 0.25) is 11.8 Å². The molecule has 0 atom stereocenters. The molecule has 142 valence electrons. The molecule has 0 aliphatic carbocycles. The van der Waals surface area contributed by atoms with E-state index in [2.05, 4.69) is 10.3 Å². The van der Waals surface area contributed by atoms with Crippen molar-refractivity contribution in [2.24, 2.45) is 0 Å². The minimum Gasteiger partial charge on any atom is -0.462 e. The van der Waals surface area contributed by atoms with Crippen LogP contribution < -0.4 is 5.32 Å².